The van der Waals surface area contributed by atoms with Gasteiger partial charge in [-0.1, -0.05) is 54.9 Å². The molecule has 0 unspecified atom stereocenters. The molecule has 0 spiro atoms. The average Bonchev–Trinajstić information content (AvgIpc) is 2.55. The van der Waals surface area contributed by atoms with Crippen LogP contribution in [0.2, 0.25) is 0 Å². The maximum absolute atomic E-state index is 13.0. The van der Waals surface area contributed by atoms with E-state index in [1.807, 2.05) is 35.8 Å². The summed E-state index contributed by atoms with van der Waals surface area (Å²) in [6.45, 7) is 3.99. The Morgan fingerprint density at radius 3 is 2.61 bits per heavy atom. The number of fused-ring (bicyclic) bond motifs is 1. The maximum Gasteiger partial charge on any atom is 0.261 e. The van der Waals surface area contributed by atoms with Gasteiger partial charge in [0, 0.05) is 6.04 Å². The van der Waals surface area contributed by atoms with Gasteiger partial charge >= 0.3 is 0 Å². The molecule has 0 amide bonds. The van der Waals surface area contributed by atoms with Crippen molar-refractivity contribution in [2.75, 3.05) is 0 Å². The molecule has 0 N–H and O–H groups in total. The Balaban J connectivity index is 2.11. The van der Waals surface area contributed by atoms with Crippen LogP contribution in [0.25, 0.3) is 10.9 Å². The summed E-state index contributed by atoms with van der Waals surface area (Å²) >= 11 is 0. The highest BCUT2D eigenvalue weighted by Crippen LogP contribution is 2.19. The third-order valence-corrected chi connectivity index (χ3v) is 4.25. The summed E-state index contributed by atoms with van der Waals surface area (Å²) in [5.41, 5.74) is 2.50. The minimum atomic E-state index is -0.0115. The van der Waals surface area contributed by atoms with E-state index in [0.29, 0.717) is 16.4 Å². The summed E-state index contributed by atoms with van der Waals surface area (Å²) < 4.78 is 1.81. The van der Waals surface area contributed by atoms with E-state index < -0.39 is 0 Å². The lowest BCUT2D eigenvalue weighted by molar-refractivity contribution is 0.455. The van der Waals surface area contributed by atoms with Crippen molar-refractivity contribution in [2.24, 2.45) is 0 Å². The van der Waals surface area contributed by atoms with Crippen LogP contribution in [0.5, 0.6) is 0 Å². The first kappa shape index (κ1) is 15.5. The largest absolute Gasteiger partial charge is 0.293 e. The van der Waals surface area contributed by atoms with Gasteiger partial charge in [-0.2, -0.15) is 0 Å². The van der Waals surface area contributed by atoms with Crippen molar-refractivity contribution in [3.63, 3.8) is 0 Å². The van der Waals surface area contributed by atoms with Crippen LogP contribution in [-0.2, 0) is 6.42 Å². The Bertz CT molecular complexity index is 887. The van der Waals surface area contributed by atoms with Crippen LogP contribution in [-0.4, -0.2) is 17.4 Å². The van der Waals surface area contributed by atoms with Gasteiger partial charge in [-0.25, -0.2) is 4.98 Å². The molecule has 0 aliphatic rings. The molecule has 1 heterocycles. The smallest absolute Gasteiger partial charge is 0.261 e. The third-order valence-electron chi connectivity index (χ3n) is 4.25. The summed E-state index contributed by atoms with van der Waals surface area (Å²) in [5.74, 6) is 0.745. The van der Waals surface area contributed by atoms with E-state index in [4.69, 9.17) is 7.85 Å². The van der Waals surface area contributed by atoms with Gasteiger partial charge < -0.3 is 0 Å². The Hall–Kier alpha value is -2.36. The highest BCUT2D eigenvalue weighted by Gasteiger charge is 2.16. The van der Waals surface area contributed by atoms with Crippen molar-refractivity contribution in [2.45, 2.75) is 32.7 Å². The third kappa shape index (κ3) is 3.07. The molecule has 0 bridgehead atoms. The lowest BCUT2D eigenvalue weighted by Crippen LogP contribution is -2.29. The van der Waals surface area contributed by atoms with Crippen LogP contribution in [0.1, 0.15) is 30.8 Å². The standard InChI is InChI=1S/C19H19BN2O/c1-3-16(11-14-7-5-4-6-8-14)22-13(2)21-18-10-9-15(20)12-17(18)19(22)23/h4-10,12,16H,3,11H2,1-2H3/t16-/m1/s1. The van der Waals surface area contributed by atoms with Crippen molar-refractivity contribution in [1.82, 2.24) is 9.55 Å². The topological polar surface area (TPSA) is 34.9 Å². The van der Waals surface area contributed by atoms with Gasteiger partial charge in [-0.15, -0.1) is 0 Å². The lowest BCUT2D eigenvalue weighted by atomic mass is 9.95. The predicted molar refractivity (Wildman–Crippen MR) is 95.6 cm³/mol. The van der Waals surface area contributed by atoms with Gasteiger partial charge in [0.15, 0.2) is 0 Å². The van der Waals surface area contributed by atoms with Gasteiger partial charge in [0.2, 0.25) is 0 Å². The SMILES string of the molecule is [B]c1ccc2nc(C)n([C@H](CC)Cc3ccccc3)c(=O)c2c1. The minimum absolute atomic E-state index is 0.0115. The zero-order valence-electron chi connectivity index (χ0n) is 13.5. The zero-order valence-corrected chi connectivity index (χ0v) is 13.5. The van der Waals surface area contributed by atoms with E-state index in [1.165, 1.54) is 5.56 Å². The van der Waals surface area contributed by atoms with Crippen LogP contribution >= 0.6 is 0 Å². The molecule has 0 saturated heterocycles. The average molecular weight is 302 g/mol. The molecule has 0 saturated carbocycles. The van der Waals surface area contributed by atoms with E-state index in [9.17, 15) is 4.79 Å². The number of aromatic nitrogens is 2. The quantitative estimate of drug-likeness (QED) is 0.695. The molecule has 3 nitrogen and oxygen atoms in total. The van der Waals surface area contributed by atoms with Crippen molar-refractivity contribution in [1.29, 1.82) is 0 Å². The van der Waals surface area contributed by atoms with Crippen LogP contribution in [0, 0.1) is 6.92 Å². The van der Waals surface area contributed by atoms with E-state index in [1.54, 1.807) is 12.1 Å². The fraction of sp³-hybridized carbons (Fsp3) is 0.263. The molecule has 3 rings (SSSR count). The van der Waals surface area contributed by atoms with Crippen molar-refractivity contribution in [3.05, 3.63) is 70.3 Å². The molecule has 23 heavy (non-hydrogen) atoms. The zero-order chi connectivity index (χ0) is 16.4. The first-order valence-electron chi connectivity index (χ1n) is 7.92. The van der Waals surface area contributed by atoms with E-state index >= 15 is 0 Å². The van der Waals surface area contributed by atoms with Crippen LogP contribution in [0.4, 0.5) is 0 Å². The number of benzene rings is 2. The summed E-state index contributed by atoms with van der Waals surface area (Å²) in [6, 6.07) is 15.6. The molecule has 0 fully saturated rings. The highest BCUT2D eigenvalue weighted by molar-refractivity contribution is 6.33. The highest BCUT2D eigenvalue weighted by atomic mass is 16.1. The molecule has 1 atom stereocenters. The second kappa shape index (κ2) is 6.41. The van der Waals surface area contributed by atoms with Crippen LogP contribution in [0.3, 0.4) is 0 Å². The van der Waals surface area contributed by atoms with Crippen molar-refractivity contribution in [3.8, 4) is 0 Å². The molecule has 1 aromatic heterocycles. The molecule has 0 aliphatic carbocycles. The van der Waals surface area contributed by atoms with Crippen molar-refractivity contribution >= 4 is 24.2 Å². The number of nitrogens with zero attached hydrogens (tertiary/aromatic N) is 2. The van der Waals surface area contributed by atoms with Crippen LogP contribution in [0.15, 0.2) is 53.3 Å². The molecule has 3 aromatic rings. The van der Waals surface area contributed by atoms with Crippen molar-refractivity contribution < 1.29 is 0 Å². The minimum Gasteiger partial charge on any atom is -0.293 e. The van der Waals surface area contributed by atoms with Gasteiger partial charge in [0.05, 0.1) is 10.9 Å². The second-order valence-electron chi connectivity index (χ2n) is 5.86. The molecule has 0 aliphatic heterocycles. The monoisotopic (exact) mass is 302 g/mol. The van der Waals surface area contributed by atoms with E-state index in [0.717, 1.165) is 18.7 Å². The Kier molecular flexibility index (Phi) is 4.33. The number of hydrogen-bond acceptors (Lipinski definition) is 2. The summed E-state index contributed by atoms with van der Waals surface area (Å²) in [4.78, 5) is 17.6. The summed E-state index contributed by atoms with van der Waals surface area (Å²) in [6.07, 6.45) is 1.68. The summed E-state index contributed by atoms with van der Waals surface area (Å²) in [5, 5.41) is 0.585. The first-order chi connectivity index (χ1) is 11.1. The fourth-order valence-electron chi connectivity index (χ4n) is 3.06. The Labute approximate surface area is 137 Å². The molecule has 4 heteroatoms. The molecule has 2 radical (unpaired) electrons. The normalized spacial score (nSPS) is 12.4. The first-order valence-corrected chi connectivity index (χ1v) is 7.92. The molecular weight excluding hydrogens is 283 g/mol. The number of hydrogen-bond donors (Lipinski definition) is 0. The van der Waals surface area contributed by atoms with E-state index in [2.05, 4.69) is 24.0 Å². The predicted octanol–water partition coefficient (Wildman–Crippen LogP) is 2.69. The molecule has 2 aromatic carbocycles. The van der Waals surface area contributed by atoms with Gasteiger partial charge in [0.25, 0.3) is 5.56 Å². The van der Waals surface area contributed by atoms with Crippen LogP contribution < -0.4 is 11.0 Å². The van der Waals surface area contributed by atoms with Gasteiger partial charge in [0.1, 0.15) is 13.7 Å². The maximum atomic E-state index is 13.0. The molecular formula is C19H19BN2O. The lowest BCUT2D eigenvalue weighted by Gasteiger charge is -2.21. The Morgan fingerprint density at radius 1 is 1.17 bits per heavy atom. The number of rotatable bonds is 4. The fourth-order valence-corrected chi connectivity index (χ4v) is 3.06. The van der Waals surface area contributed by atoms with E-state index in [-0.39, 0.29) is 11.6 Å². The summed E-state index contributed by atoms with van der Waals surface area (Å²) in [7, 11) is 5.84. The van der Waals surface area contributed by atoms with Gasteiger partial charge in [-0.3, -0.25) is 9.36 Å². The number of aryl methyl sites for hydroxylation is 1. The molecule has 114 valence electrons. The van der Waals surface area contributed by atoms with Gasteiger partial charge in [-0.05, 0) is 31.4 Å². The Morgan fingerprint density at radius 2 is 1.91 bits per heavy atom. The second-order valence-corrected chi connectivity index (χ2v) is 5.86.